The van der Waals surface area contributed by atoms with Crippen molar-refractivity contribution in [3.63, 3.8) is 0 Å². The Kier molecular flexibility index (Phi) is 19.5. The lowest BCUT2D eigenvalue weighted by Crippen LogP contribution is -2.60. The molecule has 344 valence electrons. The third-order valence-electron chi connectivity index (χ3n) is 12.1. The number of hydrogen-bond donors (Lipinski definition) is 3. The fraction of sp³-hybridized carbons (Fsp3) is 0.558. The van der Waals surface area contributed by atoms with Crippen LogP contribution in [-0.2, 0) is 43.2 Å². The summed E-state index contributed by atoms with van der Waals surface area (Å²) in [5.74, 6) is -0.562. The Morgan fingerprint density at radius 3 is 2.50 bits per heavy atom. The molecule has 0 radical (unpaired) electrons. The molecule has 1 aliphatic carbocycles. The average molecular weight is 967 g/mol. The van der Waals surface area contributed by atoms with E-state index >= 15 is 0 Å². The number of esters is 1. The largest absolute Gasteiger partial charge is 0.464 e. The van der Waals surface area contributed by atoms with E-state index in [-0.39, 0.29) is 110 Å². The molecular weight excluding hydrogens is 901 g/mol. The van der Waals surface area contributed by atoms with Crippen LogP contribution in [0.2, 0.25) is 0 Å². The van der Waals surface area contributed by atoms with Gasteiger partial charge in [0.2, 0.25) is 5.91 Å². The van der Waals surface area contributed by atoms with E-state index in [0.29, 0.717) is 31.7 Å². The predicted molar refractivity (Wildman–Crippen MR) is 274 cm³/mol. The summed E-state index contributed by atoms with van der Waals surface area (Å²) in [5, 5.41) is 11.9. The second kappa shape index (κ2) is 22.5. The molecule has 13 nitrogen and oxygen atoms in total. The van der Waals surface area contributed by atoms with Gasteiger partial charge in [-0.25, -0.2) is 10.4 Å². The third kappa shape index (κ3) is 11.2. The Bertz CT molecular complexity index is 2180. The van der Waals surface area contributed by atoms with Gasteiger partial charge in [-0.15, -0.1) is 11.3 Å². The van der Waals surface area contributed by atoms with Crippen LogP contribution in [0.5, 0.6) is 0 Å². The van der Waals surface area contributed by atoms with Crippen molar-refractivity contribution in [2.45, 2.75) is 91.5 Å². The Morgan fingerprint density at radius 1 is 1.10 bits per heavy atom. The van der Waals surface area contributed by atoms with Crippen molar-refractivity contribution in [1.29, 1.82) is 0 Å². The summed E-state index contributed by atoms with van der Waals surface area (Å²) in [4.78, 5) is 53.7. The second-order valence-corrected chi connectivity index (χ2v) is 18.0. The van der Waals surface area contributed by atoms with Crippen molar-refractivity contribution in [3.8, 4) is 22.5 Å². The first-order valence-corrected chi connectivity index (χ1v) is 21.5. The molecule has 3 aromatic heterocycles. The molecule has 0 unspecified atom stereocenters. The topological polar surface area (TPSA) is 143 Å². The summed E-state index contributed by atoms with van der Waals surface area (Å²) in [6, 6.07) is 7.32. The van der Waals surface area contributed by atoms with Gasteiger partial charge in [-0.2, -0.15) is 67.5 Å². The van der Waals surface area contributed by atoms with Crippen LogP contribution in [0.4, 0.5) is 5.69 Å². The normalized spacial score (nSPS) is 22.5. The van der Waals surface area contributed by atoms with Crippen LogP contribution in [0.3, 0.4) is 0 Å². The lowest BCUT2D eigenvalue weighted by Gasteiger charge is -2.35. The van der Waals surface area contributed by atoms with Gasteiger partial charge in [-0.3, -0.25) is 24.4 Å². The van der Waals surface area contributed by atoms with Crippen LogP contribution < -0.4 is 21.0 Å². The molecule has 3 fully saturated rings. The number of fused-ring (bicyclic) bond motifs is 6. The molecule has 6 heterocycles. The van der Waals surface area contributed by atoms with Gasteiger partial charge in [-0.05, 0) is 69.2 Å². The summed E-state index contributed by atoms with van der Waals surface area (Å²) in [6.07, 6.45) is 4.59. The van der Waals surface area contributed by atoms with Gasteiger partial charge in [0, 0.05) is 91.5 Å². The Morgan fingerprint density at radius 2 is 1.82 bits per heavy atom. The summed E-state index contributed by atoms with van der Waals surface area (Å²) in [7, 11) is 1.72. The van der Waals surface area contributed by atoms with Crippen molar-refractivity contribution >= 4 is 113 Å². The van der Waals surface area contributed by atoms with Crippen LogP contribution in [0, 0.1) is 17.3 Å². The number of cyclic esters (lactones) is 1. The van der Waals surface area contributed by atoms with Crippen LogP contribution in [-0.4, -0.2) is 95.9 Å². The number of aryl methyl sites for hydroxylation is 1. The van der Waals surface area contributed by atoms with E-state index in [1.165, 1.54) is 16.3 Å². The summed E-state index contributed by atoms with van der Waals surface area (Å²) in [6.45, 7) is 15.5. The zero-order valence-corrected chi connectivity index (χ0v) is 42.3. The average Bonchev–Trinajstić information content (AvgIpc) is 3.65. The SMILES string of the molecule is CCn1c(-c2cc(N3CCNCC3)cnc2[C@H](C)OC)c2c3cc(ccc31)-c1csc(n1)C[C@H](NC(=O)[C@H]1C[C@@H]1C)C(=O)N1CCC[C@H](N1)C(=O)OCC(C)(C)C2.S.S.S.S.S. The highest BCUT2D eigenvalue weighted by atomic mass is 32.1. The number of anilines is 1. The van der Waals surface area contributed by atoms with Gasteiger partial charge in [0.25, 0.3) is 5.91 Å². The van der Waals surface area contributed by atoms with Crippen LogP contribution in [0.15, 0.2) is 35.8 Å². The van der Waals surface area contributed by atoms with Crippen LogP contribution >= 0.6 is 78.8 Å². The van der Waals surface area contributed by atoms with Crippen LogP contribution in [0.1, 0.15) is 76.3 Å². The van der Waals surface area contributed by atoms with E-state index in [1.807, 2.05) is 25.4 Å². The molecule has 1 aromatic carbocycles. The minimum absolute atomic E-state index is 0. The number of amides is 2. The van der Waals surface area contributed by atoms with Crippen molar-refractivity contribution in [1.82, 2.24) is 35.6 Å². The van der Waals surface area contributed by atoms with E-state index in [1.54, 1.807) is 7.11 Å². The number of pyridine rings is 1. The monoisotopic (exact) mass is 966 g/mol. The number of methoxy groups -OCH3 is 1. The van der Waals surface area contributed by atoms with Crippen molar-refractivity contribution in [2.75, 3.05) is 51.3 Å². The number of carbonyl (C=O) groups excluding carboxylic acids is 3. The van der Waals surface area contributed by atoms with E-state index in [9.17, 15) is 14.4 Å². The second-order valence-electron chi connectivity index (χ2n) is 17.0. The zero-order chi connectivity index (χ0) is 40.0. The summed E-state index contributed by atoms with van der Waals surface area (Å²) < 4.78 is 14.4. The Labute approximate surface area is 404 Å². The molecule has 2 amide bonds. The van der Waals surface area contributed by atoms with Gasteiger partial charge in [0.15, 0.2) is 0 Å². The first-order chi connectivity index (χ1) is 27.4. The molecule has 4 aromatic rings. The molecule has 6 bridgehead atoms. The van der Waals surface area contributed by atoms with Gasteiger partial charge in [-0.1, -0.05) is 26.8 Å². The molecule has 19 heteroatoms. The number of hydrogen-bond acceptors (Lipinski definition) is 11. The lowest BCUT2D eigenvalue weighted by atomic mass is 9.84. The molecule has 0 spiro atoms. The first-order valence-electron chi connectivity index (χ1n) is 20.6. The van der Waals surface area contributed by atoms with Gasteiger partial charge in [0.05, 0.1) is 46.7 Å². The first kappa shape index (κ1) is 53.7. The maximum absolute atomic E-state index is 14.1. The Balaban J connectivity index is 0.00000205. The highest BCUT2D eigenvalue weighted by molar-refractivity contribution is 7.60. The number of carbonyl (C=O) groups is 3. The quantitative estimate of drug-likeness (QED) is 0.194. The number of ether oxygens (including phenoxy) is 2. The number of piperazine rings is 1. The van der Waals surface area contributed by atoms with Crippen molar-refractivity contribution in [3.05, 3.63) is 52.1 Å². The maximum Gasteiger partial charge on any atom is 0.324 e. The zero-order valence-electron chi connectivity index (χ0n) is 36.5. The number of rotatable bonds is 7. The molecular formula is C43H66N8O5S6. The number of aromatic nitrogens is 3. The minimum atomic E-state index is -0.825. The maximum atomic E-state index is 14.1. The highest BCUT2D eigenvalue weighted by Crippen LogP contribution is 2.43. The molecule has 2 saturated heterocycles. The molecule has 1 saturated carbocycles. The molecule has 3 aliphatic heterocycles. The lowest BCUT2D eigenvalue weighted by molar-refractivity contribution is -0.155. The van der Waals surface area contributed by atoms with Crippen LogP contribution in [0.25, 0.3) is 33.4 Å². The van der Waals surface area contributed by atoms with E-state index in [2.05, 4.69) is 70.6 Å². The molecule has 5 atom stereocenters. The van der Waals surface area contributed by atoms with E-state index in [4.69, 9.17) is 19.4 Å². The van der Waals surface area contributed by atoms with Gasteiger partial charge < -0.3 is 29.6 Å². The van der Waals surface area contributed by atoms with Crippen molar-refractivity contribution < 1.29 is 23.9 Å². The fourth-order valence-corrected chi connectivity index (χ4v) is 9.51. The van der Waals surface area contributed by atoms with Crippen molar-refractivity contribution in [2.24, 2.45) is 17.3 Å². The fourth-order valence-electron chi connectivity index (χ4n) is 8.66. The minimum Gasteiger partial charge on any atom is -0.464 e. The standard InChI is InChI=1S/C43H56N8O5S.5H2S/c1-7-50-36-11-10-27-18-30(36)32(39(50)31-19-28(49-15-12-44-13-16-49)22-45-38(31)26(3)55-6)21-43(4,5)24-56-42(54)33-9-8-14-51(48-33)41(53)34(20-37-46-35(27)23-57-37)47-40(52)29-17-25(29)2;;;;;/h10-11,18-19,22-23,25-26,29,33-34,44,48H,7-9,12-17,20-21,24H2,1-6H3,(H,47,52);5*1H2/t25-,26-,29-,33-,34-;;;;;/m0...../s1. The number of thiazole rings is 1. The van der Waals surface area contributed by atoms with E-state index in [0.717, 1.165) is 94.5 Å². The summed E-state index contributed by atoms with van der Waals surface area (Å²) >= 11 is 1.49. The third-order valence-corrected chi connectivity index (χ3v) is 13.0. The number of benzene rings is 1. The molecule has 62 heavy (non-hydrogen) atoms. The molecule has 3 N–H and O–H groups in total. The number of nitrogens with one attached hydrogen (secondary N) is 3. The van der Waals surface area contributed by atoms with Gasteiger partial charge >= 0.3 is 5.97 Å². The Hall–Kier alpha value is -2.62. The predicted octanol–water partition coefficient (Wildman–Crippen LogP) is 5.83. The molecule has 4 aliphatic rings. The van der Waals surface area contributed by atoms with Gasteiger partial charge in [0.1, 0.15) is 12.1 Å². The smallest absolute Gasteiger partial charge is 0.324 e. The number of hydrazine groups is 1. The van der Waals surface area contributed by atoms with E-state index < -0.39 is 17.5 Å². The highest BCUT2D eigenvalue weighted by Gasteiger charge is 2.42. The molecule has 8 rings (SSSR count). The summed E-state index contributed by atoms with van der Waals surface area (Å²) in [5.41, 5.74) is 10.8. The number of nitrogens with zero attached hydrogens (tertiary/aromatic N) is 5.